The van der Waals surface area contributed by atoms with Crippen LogP contribution < -0.4 is 4.72 Å². The van der Waals surface area contributed by atoms with Crippen molar-refractivity contribution in [2.75, 3.05) is 0 Å². The minimum Gasteiger partial charge on any atom is -0.598 e. The Morgan fingerprint density at radius 1 is 1.28 bits per heavy atom. The molecule has 0 amide bonds. The second kappa shape index (κ2) is 7.92. The number of alkyl halides is 2. The molecule has 0 bridgehead atoms. The van der Waals surface area contributed by atoms with Crippen molar-refractivity contribution in [3.8, 4) is 0 Å². The van der Waals surface area contributed by atoms with Crippen molar-refractivity contribution in [2.24, 2.45) is 0 Å². The molecule has 0 aliphatic rings. The average Bonchev–Trinajstić information content (AvgIpc) is 2.48. The molecule has 9 heteroatoms. The summed E-state index contributed by atoms with van der Waals surface area (Å²) >= 11 is -1.92. The van der Waals surface area contributed by atoms with Crippen LogP contribution in [0.3, 0.4) is 0 Å². The number of halogens is 4. The van der Waals surface area contributed by atoms with Crippen LogP contribution in [-0.2, 0) is 21.7 Å². The van der Waals surface area contributed by atoms with Gasteiger partial charge in [-0.25, -0.2) is 22.4 Å². The lowest BCUT2D eigenvalue weighted by molar-refractivity contribution is -0.143. The summed E-state index contributed by atoms with van der Waals surface area (Å²) in [6, 6.07) is 3.03. The second-order valence-electron chi connectivity index (χ2n) is 6.80. The molecule has 0 aliphatic carbocycles. The van der Waals surface area contributed by atoms with Gasteiger partial charge in [-0.05, 0) is 33.8 Å². The number of aliphatic carboxylic acids is 1. The molecule has 0 spiro atoms. The average molecular weight is 383 g/mol. The zero-order chi connectivity index (χ0) is 19.6. The van der Waals surface area contributed by atoms with Crippen LogP contribution in [0.2, 0.25) is 0 Å². The Morgan fingerprint density at radius 2 is 1.84 bits per heavy atom. The van der Waals surface area contributed by atoms with E-state index in [1.807, 2.05) is 0 Å². The van der Waals surface area contributed by atoms with Crippen LogP contribution in [0.4, 0.5) is 17.6 Å². The molecule has 2 N–H and O–H groups in total. The molecule has 0 radical (unpaired) electrons. The van der Waals surface area contributed by atoms with Crippen molar-refractivity contribution in [1.29, 1.82) is 0 Å². The highest BCUT2D eigenvalue weighted by Crippen LogP contribution is 2.35. The maximum Gasteiger partial charge on any atom is 0.338 e. The lowest BCUT2D eigenvalue weighted by atomic mass is 9.85. The molecule has 0 aromatic heterocycles. The van der Waals surface area contributed by atoms with Gasteiger partial charge in [0, 0.05) is 23.3 Å². The third kappa shape index (κ3) is 5.08. The fraction of sp³-hybridized carbons (Fsp3) is 0.562. The number of rotatable bonds is 7. The standard InChI is InChI=1S/C16H21F4NO3S/c1-15(2,3)25(24)21-16(4,12(19)8-11(18)14(22)23)9-6-5-7-10(17)13(9)20/h5-7,11-12,21H,8H2,1-4H3,(H,22,23). The van der Waals surface area contributed by atoms with Gasteiger partial charge in [0.15, 0.2) is 17.8 Å². The lowest BCUT2D eigenvalue weighted by Crippen LogP contribution is -2.55. The normalized spacial score (nSPS) is 18.3. The molecule has 4 atom stereocenters. The molecule has 4 unspecified atom stereocenters. The van der Waals surface area contributed by atoms with E-state index in [9.17, 15) is 26.9 Å². The number of benzene rings is 1. The van der Waals surface area contributed by atoms with Gasteiger partial charge in [0.05, 0.1) is 0 Å². The van der Waals surface area contributed by atoms with Gasteiger partial charge < -0.3 is 9.66 Å². The number of hydrogen-bond donors (Lipinski definition) is 2. The molecule has 1 rings (SSSR count). The Balaban J connectivity index is 3.35. The Bertz CT molecular complexity index is 626. The first-order chi connectivity index (χ1) is 11.3. The molecule has 0 saturated carbocycles. The first-order valence-electron chi connectivity index (χ1n) is 7.45. The van der Waals surface area contributed by atoms with E-state index in [-0.39, 0.29) is 0 Å². The topological polar surface area (TPSA) is 72.4 Å². The Labute approximate surface area is 146 Å². The Hall–Kier alpha value is -1.32. The van der Waals surface area contributed by atoms with Crippen LogP contribution in [-0.4, -0.2) is 32.7 Å². The first kappa shape index (κ1) is 21.7. The van der Waals surface area contributed by atoms with Crippen molar-refractivity contribution >= 4 is 17.3 Å². The van der Waals surface area contributed by atoms with Gasteiger partial charge in [-0.15, -0.1) is 4.72 Å². The maximum absolute atomic E-state index is 14.8. The summed E-state index contributed by atoms with van der Waals surface area (Å²) in [7, 11) is 0. The lowest BCUT2D eigenvalue weighted by Gasteiger charge is -2.37. The molecule has 1 aromatic carbocycles. The number of carboxylic acid groups (broad SMARTS) is 1. The highest BCUT2D eigenvalue weighted by atomic mass is 32.2. The van der Waals surface area contributed by atoms with Gasteiger partial charge in [0.1, 0.15) is 16.5 Å². The van der Waals surface area contributed by atoms with Crippen LogP contribution >= 0.6 is 0 Å². The van der Waals surface area contributed by atoms with Crippen molar-refractivity contribution < 1.29 is 32.0 Å². The van der Waals surface area contributed by atoms with Gasteiger partial charge in [0.2, 0.25) is 0 Å². The highest BCUT2D eigenvalue weighted by molar-refractivity contribution is 7.90. The zero-order valence-corrected chi connectivity index (χ0v) is 15.1. The van der Waals surface area contributed by atoms with Crippen LogP contribution in [0.5, 0.6) is 0 Å². The summed E-state index contributed by atoms with van der Waals surface area (Å²) in [5, 5.41) is 8.62. The van der Waals surface area contributed by atoms with E-state index in [0.29, 0.717) is 0 Å². The molecular formula is C16H21F4NO3S. The third-order valence-corrected chi connectivity index (χ3v) is 5.40. The summed E-state index contributed by atoms with van der Waals surface area (Å²) in [6.45, 7) is 5.80. The monoisotopic (exact) mass is 383 g/mol. The van der Waals surface area contributed by atoms with Gasteiger partial charge in [-0.2, -0.15) is 0 Å². The molecular weight excluding hydrogens is 362 g/mol. The Morgan fingerprint density at radius 3 is 2.32 bits per heavy atom. The highest BCUT2D eigenvalue weighted by Gasteiger charge is 2.46. The fourth-order valence-corrected chi connectivity index (χ4v) is 2.99. The van der Waals surface area contributed by atoms with Crippen molar-refractivity contribution in [3.63, 3.8) is 0 Å². The van der Waals surface area contributed by atoms with Gasteiger partial charge in [0.25, 0.3) is 0 Å². The third-order valence-electron chi connectivity index (χ3n) is 3.68. The molecule has 0 heterocycles. The molecule has 0 saturated heterocycles. The van der Waals surface area contributed by atoms with Crippen molar-refractivity contribution in [2.45, 2.75) is 56.7 Å². The molecule has 4 nitrogen and oxygen atoms in total. The van der Waals surface area contributed by atoms with Crippen LogP contribution in [0, 0.1) is 11.6 Å². The fourth-order valence-electron chi connectivity index (χ4n) is 2.06. The van der Waals surface area contributed by atoms with Crippen LogP contribution in [0.25, 0.3) is 0 Å². The van der Waals surface area contributed by atoms with E-state index in [4.69, 9.17) is 5.11 Å². The largest absolute Gasteiger partial charge is 0.598 e. The quantitative estimate of drug-likeness (QED) is 0.559. The predicted molar refractivity (Wildman–Crippen MR) is 86.8 cm³/mol. The van der Waals surface area contributed by atoms with E-state index in [0.717, 1.165) is 25.1 Å². The first-order valence-corrected chi connectivity index (χ1v) is 8.60. The molecule has 1 aromatic rings. The van der Waals surface area contributed by atoms with Crippen LogP contribution in [0.1, 0.15) is 39.7 Å². The number of carboxylic acids is 1. The summed E-state index contributed by atoms with van der Waals surface area (Å²) in [6.07, 6.45) is -5.95. The molecule has 25 heavy (non-hydrogen) atoms. The van der Waals surface area contributed by atoms with E-state index < -0.39 is 63.6 Å². The molecule has 0 aliphatic heterocycles. The minimum absolute atomic E-state index is 0.504. The summed E-state index contributed by atoms with van der Waals surface area (Å²) in [5.41, 5.74) is -2.61. The summed E-state index contributed by atoms with van der Waals surface area (Å²) in [5.74, 6) is -4.51. The van der Waals surface area contributed by atoms with E-state index >= 15 is 0 Å². The van der Waals surface area contributed by atoms with Gasteiger partial charge in [-0.3, -0.25) is 0 Å². The Kier molecular flexibility index (Phi) is 6.88. The maximum atomic E-state index is 14.8. The minimum atomic E-state index is -2.55. The number of nitrogens with one attached hydrogen (secondary N) is 1. The smallest absolute Gasteiger partial charge is 0.338 e. The van der Waals surface area contributed by atoms with Gasteiger partial charge >= 0.3 is 5.97 Å². The molecule has 142 valence electrons. The zero-order valence-electron chi connectivity index (χ0n) is 14.3. The van der Waals surface area contributed by atoms with Crippen molar-refractivity contribution in [1.82, 2.24) is 4.72 Å². The predicted octanol–water partition coefficient (Wildman–Crippen LogP) is 3.38. The summed E-state index contributed by atoms with van der Waals surface area (Å²) < 4.78 is 69.9. The van der Waals surface area contributed by atoms with Gasteiger partial charge in [-0.1, -0.05) is 12.1 Å². The van der Waals surface area contributed by atoms with Crippen LogP contribution in [0.15, 0.2) is 18.2 Å². The van der Waals surface area contributed by atoms with E-state index in [2.05, 4.69) is 4.72 Å². The number of carbonyl (C=O) groups is 1. The molecule has 0 fully saturated rings. The number of hydrogen-bond acceptors (Lipinski definition) is 3. The second-order valence-corrected chi connectivity index (χ2v) is 8.76. The van der Waals surface area contributed by atoms with Crippen molar-refractivity contribution in [3.05, 3.63) is 35.4 Å². The SMILES string of the molecule is CC(N[S+]([O-])C(C)(C)C)(c1cccc(F)c1F)C(F)CC(F)C(=O)O. The van der Waals surface area contributed by atoms with E-state index in [1.54, 1.807) is 20.8 Å². The summed E-state index contributed by atoms with van der Waals surface area (Å²) in [4.78, 5) is 10.6. The van der Waals surface area contributed by atoms with E-state index in [1.165, 1.54) is 0 Å².